The summed E-state index contributed by atoms with van der Waals surface area (Å²) in [6.45, 7) is 7.49. The molecule has 0 aliphatic carbocycles. The molecule has 2 unspecified atom stereocenters. The topological polar surface area (TPSA) is 39.7 Å². The van der Waals surface area contributed by atoms with Gasteiger partial charge in [0.1, 0.15) is 5.72 Å². The van der Waals surface area contributed by atoms with Gasteiger partial charge in [0.25, 0.3) is 0 Å². The minimum Gasteiger partial charge on any atom is -0.378 e. The molecule has 0 amide bonds. The molecule has 2 spiro atoms. The van der Waals surface area contributed by atoms with Gasteiger partial charge in [-0.05, 0) is 20.3 Å². The van der Waals surface area contributed by atoms with Crippen LogP contribution in [0.25, 0.3) is 0 Å². The summed E-state index contributed by atoms with van der Waals surface area (Å²) in [5.74, 6) is 0. The van der Waals surface area contributed by atoms with Crippen molar-refractivity contribution >= 4 is 0 Å². The van der Waals surface area contributed by atoms with E-state index in [0.29, 0.717) is 6.61 Å². The van der Waals surface area contributed by atoms with Crippen molar-refractivity contribution in [3.63, 3.8) is 0 Å². The van der Waals surface area contributed by atoms with Crippen LogP contribution in [-0.2, 0) is 14.2 Å². The molecule has 3 saturated heterocycles. The Bertz CT molecular complexity index is 286. The van der Waals surface area contributed by atoms with Crippen LogP contribution >= 0.6 is 0 Å². The highest BCUT2D eigenvalue weighted by molar-refractivity contribution is 5.00. The molecule has 4 nitrogen and oxygen atoms in total. The van der Waals surface area contributed by atoms with E-state index >= 15 is 0 Å². The van der Waals surface area contributed by atoms with E-state index in [4.69, 9.17) is 14.2 Å². The van der Waals surface area contributed by atoms with Crippen molar-refractivity contribution in [3.8, 4) is 0 Å². The molecule has 2 atom stereocenters. The smallest absolute Gasteiger partial charge is 0.146 e. The van der Waals surface area contributed by atoms with Crippen molar-refractivity contribution in [2.45, 2.75) is 50.0 Å². The fourth-order valence-corrected chi connectivity index (χ4v) is 3.17. The van der Waals surface area contributed by atoms with Crippen LogP contribution in [0.4, 0.5) is 0 Å². The van der Waals surface area contributed by atoms with E-state index in [0.717, 1.165) is 39.0 Å². The van der Waals surface area contributed by atoms with E-state index in [-0.39, 0.29) is 16.9 Å². The van der Waals surface area contributed by atoms with E-state index in [1.54, 1.807) is 0 Å². The molecule has 0 saturated carbocycles. The van der Waals surface area contributed by atoms with Crippen molar-refractivity contribution < 1.29 is 14.2 Å². The first-order valence-corrected chi connectivity index (χ1v) is 6.20. The Morgan fingerprint density at radius 2 is 2.00 bits per heavy atom. The summed E-state index contributed by atoms with van der Waals surface area (Å²) in [7, 11) is 0. The number of hydrogen-bond acceptors (Lipinski definition) is 4. The Morgan fingerprint density at radius 1 is 1.12 bits per heavy atom. The number of ether oxygens (including phenoxy) is 3. The van der Waals surface area contributed by atoms with E-state index in [1.165, 1.54) is 0 Å². The van der Waals surface area contributed by atoms with Crippen LogP contribution in [-0.4, -0.2) is 43.3 Å². The van der Waals surface area contributed by atoms with Crippen LogP contribution in [0.1, 0.15) is 33.1 Å². The molecular weight excluding hydrogens is 206 g/mol. The van der Waals surface area contributed by atoms with Crippen LogP contribution in [0.5, 0.6) is 0 Å². The first kappa shape index (κ1) is 11.0. The highest BCUT2D eigenvalue weighted by Gasteiger charge is 2.53. The lowest BCUT2D eigenvalue weighted by Crippen LogP contribution is -2.60. The molecule has 3 fully saturated rings. The lowest BCUT2D eigenvalue weighted by Gasteiger charge is -2.44. The maximum absolute atomic E-state index is 6.36. The third kappa shape index (κ3) is 1.78. The second-order valence-corrected chi connectivity index (χ2v) is 5.98. The van der Waals surface area contributed by atoms with Gasteiger partial charge in [0.15, 0.2) is 0 Å². The molecule has 0 bridgehead atoms. The molecule has 0 aromatic heterocycles. The van der Waals surface area contributed by atoms with E-state index in [9.17, 15) is 0 Å². The van der Waals surface area contributed by atoms with Crippen molar-refractivity contribution in [2.24, 2.45) is 0 Å². The molecule has 16 heavy (non-hydrogen) atoms. The Morgan fingerprint density at radius 3 is 2.62 bits per heavy atom. The van der Waals surface area contributed by atoms with Crippen molar-refractivity contribution in [2.75, 3.05) is 26.4 Å². The second kappa shape index (κ2) is 3.42. The van der Waals surface area contributed by atoms with Gasteiger partial charge in [0.2, 0.25) is 0 Å². The Hall–Kier alpha value is -0.160. The normalized spacial score (nSPS) is 46.9. The number of rotatable bonds is 0. The van der Waals surface area contributed by atoms with Gasteiger partial charge in [0, 0.05) is 26.0 Å². The maximum Gasteiger partial charge on any atom is 0.146 e. The van der Waals surface area contributed by atoms with Crippen molar-refractivity contribution in [1.29, 1.82) is 0 Å². The molecule has 3 aliphatic rings. The molecule has 92 valence electrons. The number of hydrogen-bond donors (Lipinski definition) is 1. The summed E-state index contributed by atoms with van der Waals surface area (Å²) >= 11 is 0. The van der Waals surface area contributed by atoms with Crippen LogP contribution < -0.4 is 5.32 Å². The molecule has 3 rings (SSSR count). The highest BCUT2D eigenvalue weighted by atomic mass is 16.6. The summed E-state index contributed by atoms with van der Waals surface area (Å²) in [6.07, 6.45) is 2.99. The monoisotopic (exact) mass is 227 g/mol. The summed E-state index contributed by atoms with van der Waals surface area (Å²) < 4.78 is 17.7. The molecule has 4 heteroatoms. The zero-order valence-electron chi connectivity index (χ0n) is 10.2. The predicted octanol–water partition coefficient (Wildman–Crippen LogP) is 1.05. The molecule has 1 N–H and O–H groups in total. The third-order valence-corrected chi connectivity index (χ3v) is 3.91. The summed E-state index contributed by atoms with van der Waals surface area (Å²) in [6, 6.07) is 0. The van der Waals surface area contributed by atoms with Gasteiger partial charge in [0.05, 0.1) is 24.4 Å². The molecule has 0 aromatic carbocycles. The Balaban J connectivity index is 1.77. The third-order valence-electron chi connectivity index (χ3n) is 3.91. The second-order valence-electron chi connectivity index (χ2n) is 5.98. The first-order valence-electron chi connectivity index (χ1n) is 6.20. The fraction of sp³-hybridized carbons (Fsp3) is 1.00. The summed E-state index contributed by atoms with van der Waals surface area (Å²) in [5.41, 5.74) is -0.393. The van der Waals surface area contributed by atoms with Gasteiger partial charge >= 0.3 is 0 Å². The molecule has 0 aromatic rings. The first-order chi connectivity index (χ1) is 7.54. The predicted molar refractivity (Wildman–Crippen MR) is 59.3 cm³/mol. The van der Waals surface area contributed by atoms with E-state index in [2.05, 4.69) is 19.2 Å². The minimum atomic E-state index is -0.268. The SMILES string of the molecule is CC1(C)CC2(CO1)NCCC1(CCOC1)O2. The molecule has 3 aliphatic heterocycles. The maximum atomic E-state index is 6.36. The zero-order chi connectivity index (χ0) is 11.3. The number of nitrogens with one attached hydrogen (secondary N) is 1. The molecule has 0 radical (unpaired) electrons. The standard InChI is InChI=1S/C12H21NO3/c1-10(2)7-12(9-15-10)13-5-3-11(16-12)4-6-14-8-11/h13H,3-9H2,1-2H3. The summed E-state index contributed by atoms with van der Waals surface area (Å²) in [4.78, 5) is 0. The minimum absolute atomic E-state index is 0.0466. The Kier molecular flexibility index (Phi) is 2.34. The van der Waals surface area contributed by atoms with Crippen LogP contribution in [0.3, 0.4) is 0 Å². The van der Waals surface area contributed by atoms with Gasteiger partial charge < -0.3 is 14.2 Å². The lowest BCUT2D eigenvalue weighted by molar-refractivity contribution is -0.197. The lowest BCUT2D eigenvalue weighted by atomic mass is 9.92. The van der Waals surface area contributed by atoms with Gasteiger partial charge in [-0.25, -0.2) is 0 Å². The highest BCUT2D eigenvalue weighted by Crippen LogP contribution is 2.41. The summed E-state index contributed by atoms with van der Waals surface area (Å²) in [5, 5.41) is 3.50. The van der Waals surface area contributed by atoms with Crippen LogP contribution in [0, 0.1) is 0 Å². The van der Waals surface area contributed by atoms with E-state index < -0.39 is 0 Å². The van der Waals surface area contributed by atoms with Gasteiger partial charge in [-0.1, -0.05) is 0 Å². The average molecular weight is 227 g/mol. The largest absolute Gasteiger partial charge is 0.378 e. The fourth-order valence-electron chi connectivity index (χ4n) is 3.17. The van der Waals surface area contributed by atoms with Crippen LogP contribution in [0.2, 0.25) is 0 Å². The average Bonchev–Trinajstić information content (AvgIpc) is 2.73. The quantitative estimate of drug-likeness (QED) is 0.671. The van der Waals surface area contributed by atoms with Gasteiger partial charge in [-0.2, -0.15) is 0 Å². The molecular formula is C12H21NO3. The van der Waals surface area contributed by atoms with Crippen molar-refractivity contribution in [1.82, 2.24) is 5.32 Å². The zero-order valence-corrected chi connectivity index (χ0v) is 10.2. The van der Waals surface area contributed by atoms with Gasteiger partial charge in [-0.15, -0.1) is 0 Å². The van der Waals surface area contributed by atoms with Gasteiger partial charge in [-0.3, -0.25) is 5.32 Å². The van der Waals surface area contributed by atoms with Crippen molar-refractivity contribution in [3.05, 3.63) is 0 Å². The van der Waals surface area contributed by atoms with Crippen LogP contribution in [0.15, 0.2) is 0 Å². The Labute approximate surface area is 96.6 Å². The van der Waals surface area contributed by atoms with E-state index in [1.807, 2.05) is 0 Å². The molecule has 3 heterocycles.